The third-order valence-electron chi connectivity index (χ3n) is 2.67. The van der Waals surface area contributed by atoms with E-state index in [0.29, 0.717) is 11.3 Å². The van der Waals surface area contributed by atoms with Crippen molar-refractivity contribution in [1.82, 2.24) is 0 Å². The van der Waals surface area contributed by atoms with Crippen LogP contribution in [0.3, 0.4) is 0 Å². The summed E-state index contributed by atoms with van der Waals surface area (Å²) >= 11 is 5.94. The van der Waals surface area contributed by atoms with Crippen LogP contribution in [0.1, 0.15) is 40.5 Å². The van der Waals surface area contributed by atoms with Crippen molar-refractivity contribution >= 4 is 11.6 Å². The largest absolute Gasteiger partial charge is 0.123 e. The second-order valence-corrected chi connectivity index (χ2v) is 4.60. The highest BCUT2D eigenvalue weighted by Crippen LogP contribution is 2.35. The minimum atomic E-state index is 0.0385. The highest BCUT2D eigenvalue weighted by molar-refractivity contribution is 6.21. The first kappa shape index (κ1) is 11.3. The van der Waals surface area contributed by atoms with Gasteiger partial charge in [-0.2, -0.15) is 0 Å². The topological polar surface area (TPSA) is 0 Å². The number of hydrogen-bond acceptors (Lipinski definition) is 0. The number of alkyl halides is 1. The highest BCUT2D eigenvalue weighted by Gasteiger charge is 2.27. The van der Waals surface area contributed by atoms with Crippen molar-refractivity contribution in [3.63, 3.8) is 0 Å². The zero-order chi connectivity index (χ0) is 9.07. The smallest absolute Gasteiger partial charge is 0.0367 e. The van der Waals surface area contributed by atoms with Crippen molar-refractivity contribution in [3.05, 3.63) is 6.92 Å². The number of halogens is 1. The van der Waals surface area contributed by atoms with E-state index in [2.05, 4.69) is 34.6 Å². The Morgan fingerprint density at radius 2 is 1.91 bits per heavy atom. The van der Waals surface area contributed by atoms with E-state index < -0.39 is 0 Å². The molecule has 0 aromatic carbocycles. The van der Waals surface area contributed by atoms with Crippen molar-refractivity contribution in [2.24, 2.45) is 11.3 Å². The van der Waals surface area contributed by atoms with Gasteiger partial charge in [-0.1, -0.05) is 34.1 Å². The maximum absolute atomic E-state index is 5.94. The SMILES string of the molecule is [CH2]C(Cl)C(C)C(C)(C)CCC. The van der Waals surface area contributed by atoms with Gasteiger partial charge in [-0.3, -0.25) is 0 Å². The van der Waals surface area contributed by atoms with Gasteiger partial charge < -0.3 is 0 Å². The third kappa shape index (κ3) is 3.46. The molecule has 0 bridgehead atoms. The van der Waals surface area contributed by atoms with Gasteiger partial charge in [0.1, 0.15) is 0 Å². The monoisotopic (exact) mass is 175 g/mol. The van der Waals surface area contributed by atoms with Crippen LogP contribution in [-0.4, -0.2) is 5.38 Å². The molecule has 0 N–H and O–H groups in total. The van der Waals surface area contributed by atoms with Crippen LogP contribution >= 0.6 is 11.6 Å². The van der Waals surface area contributed by atoms with E-state index >= 15 is 0 Å². The molecule has 0 saturated carbocycles. The van der Waals surface area contributed by atoms with E-state index in [0.717, 1.165) is 0 Å². The Hall–Kier alpha value is 0.290. The summed E-state index contributed by atoms with van der Waals surface area (Å²) in [7, 11) is 0. The first-order valence-electron chi connectivity index (χ1n) is 4.39. The van der Waals surface area contributed by atoms with Crippen LogP contribution in [0.25, 0.3) is 0 Å². The molecule has 0 nitrogen and oxygen atoms in total. The van der Waals surface area contributed by atoms with E-state index in [1.54, 1.807) is 0 Å². The molecule has 67 valence electrons. The maximum atomic E-state index is 5.94. The molecule has 0 aliphatic rings. The van der Waals surface area contributed by atoms with E-state index in [1.165, 1.54) is 12.8 Å². The van der Waals surface area contributed by atoms with Crippen molar-refractivity contribution in [1.29, 1.82) is 0 Å². The lowest BCUT2D eigenvalue weighted by molar-refractivity contribution is 0.214. The average Bonchev–Trinajstić information content (AvgIpc) is 1.86. The number of hydrogen-bond donors (Lipinski definition) is 0. The zero-order valence-corrected chi connectivity index (χ0v) is 8.91. The summed E-state index contributed by atoms with van der Waals surface area (Å²) in [6, 6.07) is 0. The lowest BCUT2D eigenvalue weighted by atomic mass is 9.75. The van der Waals surface area contributed by atoms with E-state index in [-0.39, 0.29) is 5.38 Å². The Bertz CT molecular complexity index is 105. The van der Waals surface area contributed by atoms with Gasteiger partial charge in [0.25, 0.3) is 0 Å². The summed E-state index contributed by atoms with van der Waals surface area (Å²) in [5.41, 5.74) is 0.336. The summed E-state index contributed by atoms with van der Waals surface area (Å²) < 4.78 is 0. The molecule has 0 aliphatic carbocycles. The van der Waals surface area contributed by atoms with Gasteiger partial charge in [0.2, 0.25) is 0 Å². The zero-order valence-electron chi connectivity index (χ0n) is 8.15. The lowest BCUT2D eigenvalue weighted by Gasteiger charge is -2.33. The van der Waals surface area contributed by atoms with Gasteiger partial charge in [0.15, 0.2) is 0 Å². The van der Waals surface area contributed by atoms with Gasteiger partial charge >= 0.3 is 0 Å². The van der Waals surface area contributed by atoms with Crippen LogP contribution in [-0.2, 0) is 0 Å². The van der Waals surface area contributed by atoms with Crippen LogP contribution in [0.2, 0.25) is 0 Å². The Morgan fingerprint density at radius 1 is 1.45 bits per heavy atom. The first-order chi connectivity index (χ1) is 4.91. The molecule has 11 heavy (non-hydrogen) atoms. The molecule has 0 aromatic rings. The van der Waals surface area contributed by atoms with Crippen LogP contribution in [0.4, 0.5) is 0 Å². The van der Waals surface area contributed by atoms with Crippen molar-refractivity contribution in [2.45, 2.75) is 45.9 Å². The Labute approximate surface area is 76.3 Å². The standard InChI is InChI=1S/C10H20Cl/c1-6-7-10(4,5)8(2)9(3)11/h8-9H,3,6-7H2,1-2,4-5H3. The summed E-state index contributed by atoms with van der Waals surface area (Å²) in [5, 5.41) is 0.0385. The van der Waals surface area contributed by atoms with E-state index in [1.807, 2.05) is 0 Å². The van der Waals surface area contributed by atoms with Crippen LogP contribution < -0.4 is 0 Å². The van der Waals surface area contributed by atoms with Crippen molar-refractivity contribution < 1.29 is 0 Å². The molecule has 0 aliphatic heterocycles. The molecule has 0 amide bonds. The molecule has 0 aromatic heterocycles. The van der Waals surface area contributed by atoms with E-state index in [4.69, 9.17) is 11.6 Å². The van der Waals surface area contributed by atoms with Gasteiger partial charge in [-0.05, 0) is 24.7 Å². The Kier molecular flexibility index (Phi) is 4.46. The van der Waals surface area contributed by atoms with E-state index in [9.17, 15) is 0 Å². The van der Waals surface area contributed by atoms with Gasteiger partial charge in [-0.15, -0.1) is 11.6 Å². The predicted molar refractivity (Wildman–Crippen MR) is 52.9 cm³/mol. The van der Waals surface area contributed by atoms with Gasteiger partial charge in [0, 0.05) is 5.38 Å². The average molecular weight is 176 g/mol. The molecule has 0 rings (SSSR count). The molecule has 0 spiro atoms. The minimum Gasteiger partial charge on any atom is -0.123 e. The second-order valence-electron chi connectivity index (χ2n) is 4.04. The van der Waals surface area contributed by atoms with Gasteiger partial charge in [-0.25, -0.2) is 0 Å². The Balaban J connectivity index is 4.05. The molecule has 1 radical (unpaired) electrons. The third-order valence-corrected chi connectivity index (χ3v) is 3.05. The molecule has 0 saturated heterocycles. The quantitative estimate of drug-likeness (QED) is 0.569. The molecule has 2 unspecified atom stereocenters. The second kappa shape index (κ2) is 4.35. The summed E-state index contributed by atoms with van der Waals surface area (Å²) in [6.07, 6.45) is 2.45. The summed E-state index contributed by atoms with van der Waals surface area (Å²) in [6.45, 7) is 12.8. The highest BCUT2D eigenvalue weighted by atomic mass is 35.5. The van der Waals surface area contributed by atoms with Crippen molar-refractivity contribution in [2.75, 3.05) is 0 Å². The fourth-order valence-electron chi connectivity index (χ4n) is 1.36. The number of rotatable bonds is 4. The predicted octanol–water partition coefficient (Wildman–Crippen LogP) is 3.89. The fourth-order valence-corrected chi connectivity index (χ4v) is 1.70. The minimum absolute atomic E-state index is 0.0385. The molecular weight excluding hydrogens is 156 g/mol. The normalized spacial score (nSPS) is 18.0. The molecular formula is C10H20Cl. The molecule has 2 atom stereocenters. The molecule has 0 heterocycles. The van der Waals surface area contributed by atoms with Crippen molar-refractivity contribution in [3.8, 4) is 0 Å². The van der Waals surface area contributed by atoms with Crippen LogP contribution in [0.15, 0.2) is 0 Å². The van der Waals surface area contributed by atoms with Crippen LogP contribution in [0.5, 0.6) is 0 Å². The summed E-state index contributed by atoms with van der Waals surface area (Å²) in [4.78, 5) is 0. The first-order valence-corrected chi connectivity index (χ1v) is 4.82. The molecule has 0 fully saturated rings. The van der Waals surface area contributed by atoms with Gasteiger partial charge in [0.05, 0.1) is 0 Å². The summed E-state index contributed by atoms with van der Waals surface area (Å²) in [5.74, 6) is 0.490. The fraction of sp³-hybridized carbons (Fsp3) is 0.900. The lowest BCUT2D eigenvalue weighted by Crippen LogP contribution is -2.27. The maximum Gasteiger partial charge on any atom is 0.0367 e. The van der Waals surface area contributed by atoms with Crippen LogP contribution in [0, 0.1) is 18.3 Å². The molecule has 1 heteroatoms. The Morgan fingerprint density at radius 3 is 2.18 bits per heavy atom.